The lowest BCUT2D eigenvalue weighted by molar-refractivity contribution is 0.102. The molecule has 4 rings (SSSR count). The number of aromatic nitrogens is 1. The Bertz CT molecular complexity index is 1170. The van der Waals surface area contributed by atoms with E-state index in [1.54, 1.807) is 25.1 Å². The number of hydrogen-bond acceptors (Lipinski definition) is 5. The van der Waals surface area contributed by atoms with Crippen molar-refractivity contribution in [3.63, 3.8) is 0 Å². The third-order valence-corrected chi connectivity index (χ3v) is 7.06. The molecule has 0 spiro atoms. The van der Waals surface area contributed by atoms with Crippen LogP contribution in [0.25, 0.3) is 11.3 Å². The van der Waals surface area contributed by atoms with Gasteiger partial charge in [0.2, 0.25) is 10.0 Å². The standard InChI is InChI=1S/C20H18ClN3O3S2/c1-12-2-9-16(29(26,27)24-15-7-8-15)10-17(12)19(25)23-20-22-18(11-28-20)13-3-5-14(21)6-4-13/h2-6,9-11,15,24H,7-8H2,1H3,(H,22,23,25). The normalized spacial score (nSPS) is 14.0. The van der Waals surface area contributed by atoms with Gasteiger partial charge in [0.15, 0.2) is 5.13 Å². The molecule has 1 saturated carbocycles. The predicted octanol–water partition coefficient (Wildman–Crippen LogP) is 4.46. The van der Waals surface area contributed by atoms with Crippen molar-refractivity contribution < 1.29 is 13.2 Å². The minimum Gasteiger partial charge on any atom is -0.298 e. The molecule has 1 fully saturated rings. The first-order valence-electron chi connectivity index (χ1n) is 8.97. The fraction of sp³-hybridized carbons (Fsp3) is 0.200. The van der Waals surface area contributed by atoms with Crippen molar-refractivity contribution in [2.24, 2.45) is 0 Å². The number of sulfonamides is 1. The molecule has 0 radical (unpaired) electrons. The van der Waals surface area contributed by atoms with Crippen LogP contribution in [0.15, 0.2) is 52.7 Å². The van der Waals surface area contributed by atoms with E-state index >= 15 is 0 Å². The Morgan fingerprint density at radius 3 is 2.59 bits per heavy atom. The lowest BCUT2D eigenvalue weighted by atomic mass is 10.1. The summed E-state index contributed by atoms with van der Waals surface area (Å²) in [6, 6.07) is 11.8. The third-order valence-electron chi connectivity index (χ3n) is 4.53. The van der Waals surface area contributed by atoms with E-state index in [1.807, 2.05) is 17.5 Å². The summed E-state index contributed by atoms with van der Waals surface area (Å²) in [5.74, 6) is -0.400. The molecule has 3 aromatic rings. The van der Waals surface area contributed by atoms with E-state index in [9.17, 15) is 13.2 Å². The van der Waals surface area contributed by atoms with Crippen LogP contribution in [-0.2, 0) is 10.0 Å². The van der Waals surface area contributed by atoms with Crippen molar-refractivity contribution in [2.45, 2.75) is 30.7 Å². The van der Waals surface area contributed by atoms with Crippen molar-refractivity contribution in [1.82, 2.24) is 9.71 Å². The minimum atomic E-state index is -3.63. The van der Waals surface area contributed by atoms with Gasteiger partial charge in [-0.25, -0.2) is 18.1 Å². The highest BCUT2D eigenvalue weighted by Gasteiger charge is 2.28. The number of benzene rings is 2. The maximum atomic E-state index is 12.8. The van der Waals surface area contributed by atoms with Crippen LogP contribution >= 0.6 is 22.9 Å². The van der Waals surface area contributed by atoms with E-state index in [0.29, 0.717) is 21.3 Å². The number of rotatable bonds is 6. The highest BCUT2D eigenvalue weighted by atomic mass is 35.5. The molecule has 0 atom stereocenters. The van der Waals surface area contributed by atoms with E-state index in [1.165, 1.54) is 23.5 Å². The Kier molecular flexibility index (Phi) is 5.44. The molecule has 2 N–H and O–H groups in total. The SMILES string of the molecule is Cc1ccc(S(=O)(=O)NC2CC2)cc1C(=O)Nc1nc(-c2ccc(Cl)cc2)cs1. The molecular weight excluding hydrogens is 430 g/mol. The molecule has 0 unspecified atom stereocenters. The molecule has 1 amide bonds. The average molecular weight is 448 g/mol. The number of nitrogens with zero attached hydrogens (tertiary/aromatic N) is 1. The molecule has 1 aliphatic carbocycles. The molecule has 29 heavy (non-hydrogen) atoms. The van der Waals surface area contributed by atoms with Gasteiger partial charge >= 0.3 is 0 Å². The Labute approximate surface area is 178 Å². The van der Waals surface area contributed by atoms with Crippen LogP contribution in [0.1, 0.15) is 28.8 Å². The molecule has 1 heterocycles. The number of amides is 1. The largest absolute Gasteiger partial charge is 0.298 e. The second-order valence-electron chi connectivity index (χ2n) is 6.87. The average Bonchev–Trinajstić information content (AvgIpc) is 3.36. The molecule has 1 aliphatic rings. The van der Waals surface area contributed by atoms with Gasteiger partial charge in [0.25, 0.3) is 5.91 Å². The Morgan fingerprint density at radius 2 is 1.90 bits per heavy atom. The molecule has 2 aromatic carbocycles. The van der Waals surface area contributed by atoms with Gasteiger partial charge in [-0.1, -0.05) is 29.8 Å². The van der Waals surface area contributed by atoms with Crippen LogP contribution in [0.5, 0.6) is 0 Å². The zero-order valence-electron chi connectivity index (χ0n) is 15.5. The quantitative estimate of drug-likeness (QED) is 0.583. The molecule has 0 bridgehead atoms. The fourth-order valence-electron chi connectivity index (χ4n) is 2.75. The highest BCUT2D eigenvalue weighted by Crippen LogP contribution is 2.27. The molecule has 1 aromatic heterocycles. The zero-order chi connectivity index (χ0) is 20.6. The number of nitrogens with one attached hydrogen (secondary N) is 2. The van der Waals surface area contributed by atoms with Gasteiger partial charge in [-0.15, -0.1) is 11.3 Å². The van der Waals surface area contributed by atoms with E-state index in [0.717, 1.165) is 24.1 Å². The van der Waals surface area contributed by atoms with E-state index in [4.69, 9.17) is 11.6 Å². The molecule has 0 aliphatic heterocycles. The molecule has 6 nitrogen and oxygen atoms in total. The molecule has 0 saturated heterocycles. The zero-order valence-corrected chi connectivity index (χ0v) is 17.9. The van der Waals surface area contributed by atoms with Gasteiger partial charge in [-0.3, -0.25) is 10.1 Å². The molecule has 9 heteroatoms. The van der Waals surface area contributed by atoms with Crippen molar-refractivity contribution in [2.75, 3.05) is 5.32 Å². The van der Waals surface area contributed by atoms with Gasteiger partial charge in [0.05, 0.1) is 10.6 Å². The maximum absolute atomic E-state index is 12.8. The van der Waals surface area contributed by atoms with Crippen molar-refractivity contribution in [3.8, 4) is 11.3 Å². The van der Waals surface area contributed by atoms with Gasteiger partial charge in [-0.2, -0.15) is 0 Å². The number of carbonyl (C=O) groups is 1. The number of aryl methyl sites for hydroxylation is 1. The summed E-state index contributed by atoms with van der Waals surface area (Å²) in [5, 5.41) is 5.67. The molecule has 150 valence electrons. The topological polar surface area (TPSA) is 88.2 Å². The van der Waals surface area contributed by atoms with Crippen LogP contribution < -0.4 is 10.0 Å². The summed E-state index contributed by atoms with van der Waals surface area (Å²) in [6.45, 7) is 1.76. The summed E-state index contributed by atoms with van der Waals surface area (Å²) in [5.41, 5.74) is 2.60. The van der Waals surface area contributed by atoms with Crippen molar-refractivity contribution >= 4 is 44.0 Å². The Morgan fingerprint density at radius 1 is 1.17 bits per heavy atom. The summed E-state index contributed by atoms with van der Waals surface area (Å²) in [7, 11) is -3.63. The van der Waals surface area contributed by atoms with Gasteiger partial charge in [0.1, 0.15) is 0 Å². The van der Waals surface area contributed by atoms with Crippen LogP contribution in [0.4, 0.5) is 5.13 Å². The van der Waals surface area contributed by atoms with Crippen LogP contribution in [0.3, 0.4) is 0 Å². The Hall–Kier alpha value is -2.26. The van der Waals surface area contributed by atoms with Gasteiger partial charge in [0, 0.05) is 27.6 Å². The first-order chi connectivity index (χ1) is 13.8. The van der Waals surface area contributed by atoms with Crippen LogP contribution in [0.2, 0.25) is 5.02 Å². The first-order valence-corrected chi connectivity index (χ1v) is 11.7. The second kappa shape index (κ2) is 7.87. The number of anilines is 1. The minimum absolute atomic E-state index is 0.000173. The second-order valence-corrected chi connectivity index (χ2v) is 9.88. The number of carbonyl (C=O) groups excluding carboxylic acids is 1. The monoisotopic (exact) mass is 447 g/mol. The summed E-state index contributed by atoms with van der Waals surface area (Å²) < 4.78 is 27.5. The van der Waals surface area contributed by atoms with E-state index < -0.39 is 15.9 Å². The van der Waals surface area contributed by atoms with E-state index in [2.05, 4.69) is 15.0 Å². The van der Waals surface area contributed by atoms with E-state index in [-0.39, 0.29) is 10.9 Å². The Balaban J connectivity index is 1.54. The highest BCUT2D eigenvalue weighted by molar-refractivity contribution is 7.89. The molecular formula is C20H18ClN3O3S2. The van der Waals surface area contributed by atoms with Crippen LogP contribution in [-0.4, -0.2) is 25.4 Å². The smallest absolute Gasteiger partial charge is 0.257 e. The predicted molar refractivity (Wildman–Crippen MR) is 115 cm³/mol. The summed E-state index contributed by atoms with van der Waals surface area (Å²) >= 11 is 7.21. The number of halogens is 1. The third kappa shape index (κ3) is 4.67. The summed E-state index contributed by atoms with van der Waals surface area (Å²) in [4.78, 5) is 17.3. The first kappa shape index (κ1) is 20.0. The van der Waals surface area contributed by atoms with Gasteiger partial charge < -0.3 is 0 Å². The number of hydrogen-bond donors (Lipinski definition) is 2. The van der Waals surface area contributed by atoms with Crippen LogP contribution in [0, 0.1) is 6.92 Å². The van der Waals surface area contributed by atoms with Crippen molar-refractivity contribution in [1.29, 1.82) is 0 Å². The van der Waals surface area contributed by atoms with Gasteiger partial charge in [-0.05, 0) is 49.6 Å². The fourth-order valence-corrected chi connectivity index (χ4v) is 4.92. The summed E-state index contributed by atoms with van der Waals surface area (Å²) in [6.07, 6.45) is 1.69. The lowest BCUT2D eigenvalue weighted by Gasteiger charge is -2.10. The maximum Gasteiger partial charge on any atom is 0.257 e. The lowest BCUT2D eigenvalue weighted by Crippen LogP contribution is -2.26. The van der Waals surface area contributed by atoms with Crippen molar-refractivity contribution in [3.05, 3.63) is 64.0 Å². The number of thiazole rings is 1.